The van der Waals surface area contributed by atoms with Gasteiger partial charge in [0.05, 0.1) is 19.6 Å². The van der Waals surface area contributed by atoms with Crippen molar-refractivity contribution in [3.05, 3.63) is 59.7 Å². The number of unbranched alkanes of at least 4 members (excludes halogenated alkanes) is 7. The van der Waals surface area contributed by atoms with E-state index in [4.69, 9.17) is 9.84 Å². The molecule has 3 heteroatoms. The maximum absolute atomic E-state index is 12.0. The summed E-state index contributed by atoms with van der Waals surface area (Å²) in [5.41, 5.74) is 4.07. The second-order valence-corrected chi connectivity index (χ2v) is 7.42. The molecule has 0 saturated heterocycles. The van der Waals surface area contributed by atoms with Crippen LogP contribution in [0, 0.1) is 0 Å². The summed E-state index contributed by atoms with van der Waals surface area (Å²) in [6.45, 7) is 2.82. The van der Waals surface area contributed by atoms with Crippen molar-refractivity contribution in [3.8, 4) is 11.1 Å². The van der Waals surface area contributed by atoms with Gasteiger partial charge in [-0.3, -0.25) is 4.79 Å². The standard InChI is InChI=1S/C25H34O3/c1-2-3-4-5-6-7-8-9-18-28-25(27)19-21-10-14-23(15-11-21)24-16-12-22(20-26)13-17-24/h10-17,26H,2-9,18-20H2,1H3. The van der Waals surface area contributed by atoms with Crippen LogP contribution in [0.5, 0.6) is 0 Å². The van der Waals surface area contributed by atoms with Gasteiger partial charge in [-0.05, 0) is 28.7 Å². The summed E-state index contributed by atoms with van der Waals surface area (Å²) in [4.78, 5) is 12.0. The van der Waals surface area contributed by atoms with E-state index in [2.05, 4.69) is 6.92 Å². The van der Waals surface area contributed by atoms with E-state index in [9.17, 15) is 4.79 Å². The number of hydrogen-bond acceptors (Lipinski definition) is 3. The van der Waals surface area contributed by atoms with Crippen LogP contribution in [0.4, 0.5) is 0 Å². The van der Waals surface area contributed by atoms with E-state index in [0.29, 0.717) is 13.0 Å². The smallest absolute Gasteiger partial charge is 0.310 e. The van der Waals surface area contributed by atoms with Gasteiger partial charge in [0.15, 0.2) is 0 Å². The molecule has 3 nitrogen and oxygen atoms in total. The fourth-order valence-electron chi connectivity index (χ4n) is 3.26. The van der Waals surface area contributed by atoms with E-state index in [-0.39, 0.29) is 12.6 Å². The molecular formula is C25H34O3. The second kappa shape index (κ2) is 13.1. The van der Waals surface area contributed by atoms with E-state index in [0.717, 1.165) is 35.1 Å². The van der Waals surface area contributed by atoms with Gasteiger partial charge in [0, 0.05) is 0 Å². The van der Waals surface area contributed by atoms with Crippen LogP contribution in [0.2, 0.25) is 0 Å². The van der Waals surface area contributed by atoms with E-state index in [1.165, 1.54) is 38.5 Å². The molecule has 0 unspecified atom stereocenters. The van der Waals surface area contributed by atoms with Gasteiger partial charge in [0.1, 0.15) is 0 Å². The molecule has 0 aliphatic rings. The fourth-order valence-corrected chi connectivity index (χ4v) is 3.26. The highest BCUT2D eigenvalue weighted by atomic mass is 16.5. The first-order valence-electron chi connectivity index (χ1n) is 10.7. The quantitative estimate of drug-likeness (QED) is 0.338. The molecule has 0 aromatic heterocycles. The van der Waals surface area contributed by atoms with Crippen molar-refractivity contribution in [1.82, 2.24) is 0 Å². The first-order valence-corrected chi connectivity index (χ1v) is 10.7. The molecule has 0 aliphatic carbocycles. The van der Waals surface area contributed by atoms with Crippen molar-refractivity contribution in [2.75, 3.05) is 6.61 Å². The Bertz CT molecular complexity index is 674. The molecule has 1 N–H and O–H groups in total. The summed E-state index contributed by atoms with van der Waals surface area (Å²) in [6, 6.07) is 15.8. The predicted octanol–water partition coefficient (Wildman–Crippen LogP) is 6.07. The maximum Gasteiger partial charge on any atom is 0.310 e. The topological polar surface area (TPSA) is 46.5 Å². The first kappa shape index (κ1) is 22.2. The van der Waals surface area contributed by atoms with Crippen molar-refractivity contribution in [1.29, 1.82) is 0 Å². The van der Waals surface area contributed by atoms with E-state index < -0.39 is 0 Å². The minimum absolute atomic E-state index is 0.0558. The second-order valence-electron chi connectivity index (χ2n) is 7.42. The molecule has 0 atom stereocenters. The Hall–Kier alpha value is -2.13. The number of aliphatic hydroxyl groups excluding tert-OH is 1. The summed E-state index contributed by atoms with van der Waals surface area (Å²) in [5, 5.41) is 9.12. The molecule has 2 rings (SSSR count). The monoisotopic (exact) mass is 382 g/mol. The molecule has 0 saturated carbocycles. The zero-order chi connectivity index (χ0) is 20.0. The van der Waals surface area contributed by atoms with Crippen LogP contribution in [0.3, 0.4) is 0 Å². The van der Waals surface area contributed by atoms with Gasteiger partial charge < -0.3 is 9.84 Å². The molecule has 2 aromatic rings. The summed E-state index contributed by atoms with van der Waals surface area (Å²) in [5.74, 6) is -0.150. The zero-order valence-electron chi connectivity index (χ0n) is 17.2. The van der Waals surface area contributed by atoms with Gasteiger partial charge in [-0.25, -0.2) is 0 Å². The van der Waals surface area contributed by atoms with Gasteiger partial charge in [-0.1, -0.05) is 100 Å². The summed E-state index contributed by atoms with van der Waals surface area (Å²) >= 11 is 0. The van der Waals surface area contributed by atoms with Gasteiger partial charge in [-0.2, -0.15) is 0 Å². The first-order chi connectivity index (χ1) is 13.7. The lowest BCUT2D eigenvalue weighted by Gasteiger charge is -2.07. The van der Waals surface area contributed by atoms with Gasteiger partial charge >= 0.3 is 5.97 Å². The largest absolute Gasteiger partial charge is 0.465 e. The molecule has 0 aliphatic heterocycles. The van der Waals surface area contributed by atoms with Crippen LogP contribution in [0.15, 0.2) is 48.5 Å². The Labute approximate surface area is 169 Å². The normalized spacial score (nSPS) is 10.8. The average molecular weight is 383 g/mol. The lowest BCUT2D eigenvalue weighted by Crippen LogP contribution is -2.09. The van der Waals surface area contributed by atoms with Gasteiger partial charge in [0.25, 0.3) is 0 Å². The highest BCUT2D eigenvalue weighted by Crippen LogP contribution is 2.20. The predicted molar refractivity (Wildman–Crippen MR) is 115 cm³/mol. The van der Waals surface area contributed by atoms with Crippen LogP contribution < -0.4 is 0 Å². The molecule has 0 radical (unpaired) electrons. The van der Waals surface area contributed by atoms with Gasteiger partial charge in [0.2, 0.25) is 0 Å². The summed E-state index contributed by atoms with van der Waals surface area (Å²) in [7, 11) is 0. The number of esters is 1. The van der Waals surface area contributed by atoms with Crippen molar-refractivity contribution < 1.29 is 14.6 Å². The van der Waals surface area contributed by atoms with Gasteiger partial charge in [-0.15, -0.1) is 0 Å². The number of ether oxygens (including phenoxy) is 1. The number of benzene rings is 2. The molecule has 2 aromatic carbocycles. The fraction of sp³-hybridized carbons (Fsp3) is 0.480. The SMILES string of the molecule is CCCCCCCCCCOC(=O)Cc1ccc(-c2ccc(CO)cc2)cc1. The lowest BCUT2D eigenvalue weighted by atomic mass is 10.0. The Morgan fingerprint density at radius 2 is 1.25 bits per heavy atom. The average Bonchev–Trinajstić information content (AvgIpc) is 2.73. The number of carbonyl (C=O) groups excluding carboxylic acids is 1. The highest BCUT2D eigenvalue weighted by Gasteiger charge is 2.06. The van der Waals surface area contributed by atoms with Crippen molar-refractivity contribution >= 4 is 5.97 Å². The Kier molecular flexibility index (Phi) is 10.4. The minimum atomic E-state index is -0.150. The molecular weight excluding hydrogens is 348 g/mol. The van der Waals surface area contributed by atoms with E-state index in [1.54, 1.807) is 0 Å². The summed E-state index contributed by atoms with van der Waals surface area (Å²) < 4.78 is 5.37. The van der Waals surface area contributed by atoms with Crippen LogP contribution in [0.1, 0.15) is 69.4 Å². The highest BCUT2D eigenvalue weighted by molar-refractivity contribution is 5.73. The van der Waals surface area contributed by atoms with Crippen molar-refractivity contribution in [2.24, 2.45) is 0 Å². The molecule has 0 fully saturated rings. The Balaban J connectivity index is 1.64. The third-order valence-electron chi connectivity index (χ3n) is 5.03. The van der Waals surface area contributed by atoms with E-state index in [1.807, 2.05) is 48.5 Å². The van der Waals surface area contributed by atoms with Crippen LogP contribution in [0.25, 0.3) is 11.1 Å². The number of rotatable bonds is 13. The third-order valence-corrected chi connectivity index (χ3v) is 5.03. The van der Waals surface area contributed by atoms with Crippen molar-refractivity contribution in [3.63, 3.8) is 0 Å². The molecule has 0 heterocycles. The number of carbonyl (C=O) groups is 1. The van der Waals surface area contributed by atoms with Crippen LogP contribution >= 0.6 is 0 Å². The molecule has 28 heavy (non-hydrogen) atoms. The van der Waals surface area contributed by atoms with E-state index >= 15 is 0 Å². The molecule has 0 bridgehead atoms. The van der Waals surface area contributed by atoms with Crippen LogP contribution in [-0.2, 0) is 22.6 Å². The van der Waals surface area contributed by atoms with Crippen molar-refractivity contribution in [2.45, 2.75) is 71.3 Å². The zero-order valence-corrected chi connectivity index (χ0v) is 17.2. The molecule has 0 spiro atoms. The summed E-state index contributed by atoms with van der Waals surface area (Å²) in [6.07, 6.45) is 10.3. The molecule has 152 valence electrons. The molecule has 0 amide bonds. The Morgan fingerprint density at radius 1 is 0.750 bits per heavy atom. The third kappa shape index (κ3) is 8.26. The maximum atomic E-state index is 12.0. The number of aliphatic hydroxyl groups is 1. The number of hydrogen-bond donors (Lipinski definition) is 1. The Morgan fingerprint density at radius 3 is 1.79 bits per heavy atom. The van der Waals surface area contributed by atoms with Crippen LogP contribution in [-0.4, -0.2) is 17.7 Å². The minimum Gasteiger partial charge on any atom is -0.465 e. The lowest BCUT2D eigenvalue weighted by molar-refractivity contribution is -0.142.